The molecule has 0 heterocycles. The van der Waals surface area contributed by atoms with Crippen LogP contribution in [-0.2, 0) is 19.1 Å². The minimum Gasteiger partial charge on any atom is -0.492 e. The van der Waals surface area contributed by atoms with E-state index in [1.165, 1.54) is 7.11 Å². The number of nitrogens with two attached hydrogens (primary N) is 1. The van der Waals surface area contributed by atoms with Crippen molar-refractivity contribution in [3.8, 4) is 0 Å². The van der Waals surface area contributed by atoms with E-state index in [0.29, 0.717) is 12.0 Å². The summed E-state index contributed by atoms with van der Waals surface area (Å²) in [5, 5.41) is 0. The summed E-state index contributed by atoms with van der Waals surface area (Å²) in [6, 6.07) is 0. The van der Waals surface area contributed by atoms with E-state index in [1.54, 1.807) is 18.2 Å². The Balaban J connectivity index is 2.62. The van der Waals surface area contributed by atoms with E-state index in [2.05, 4.69) is 0 Å². The number of hydrogen-bond acceptors (Lipinski definition) is 4. The van der Waals surface area contributed by atoms with Crippen LogP contribution < -0.4 is 5.73 Å². The van der Waals surface area contributed by atoms with Crippen molar-refractivity contribution in [2.24, 2.45) is 11.7 Å². The number of rotatable bonds is 2. The van der Waals surface area contributed by atoms with Gasteiger partial charge in [-0.2, -0.15) is 0 Å². The first kappa shape index (κ1) is 11.3. The molecule has 5 nitrogen and oxygen atoms in total. The Morgan fingerprint density at radius 2 is 2.18 bits per heavy atom. The number of Topliss-reactive ketones (excluding diaryl/α,β-unsaturated/α-hetero) is 2. The number of carbonyl (C=O) groups is 3. The number of ether oxygens (including phenoxy) is 1. The van der Waals surface area contributed by atoms with Crippen molar-refractivity contribution in [3.63, 3.8) is 0 Å². The molecule has 17 heavy (non-hydrogen) atoms. The minimum atomic E-state index is -0.922. The molecule has 0 fully saturated rings. The average molecular weight is 233 g/mol. The lowest BCUT2D eigenvalue weighted by Crippen LogP contribution is -2.37. The molecule has 0 aliphatic heterocycles. The minimum absolute atomic E-state index is 0.250. The van der Waals surface area contributed by atoms with Crippen molar-refractivity contribution in [2.45, 2.75) is 6.42 Å². The van der Waals surface area contributed by atoms with Gasteiger partial charge in [-0.15, -0.1) is 0 Å². The number of fused-ring (bicyclic) bond motifs is 1. The van der Waals surface area contributed by atoms with Crippen LogP contribution in [0.2, 0.25) is 0 Å². The largest absolute Gasteiger partial charge is 0.492 e. The SMILES string of the molecule is COC1=C(C(N)=O)C(=O)C2CC=CC=C2C1=O. The summed E-state index contributed by atoms with van der Waals surface area (Å²) < 4.78 is 4.84. The Hall–Kier alpha value is -2.17. The molecule has 0 aromatic rings. The van der Waals surface area contributed by atoms with Gasteiger partial charge >= 0.3 is 0 Å². The van der Waals surface area contributed by atoms with E-state index in [4.69, 9.17) is 10.5 Å². The lowest BCUT2D eigenvalue weighted by molar-refractivity contribution is -0.127. The van der Waals surface area contributed by atoms with Crippen molar-refractivity contribution >= 4 is 17.5 Å². The number of ketones is 2. The van der Waals surface area contributed by atoms with Crippen LogP contribution in [0.25, 0.3) is 0 Å². The van der Waals surface area contributed by atoms with Crippen LogP contribution in [-0.4, -0.2) is 24.6 Å². The van der Waals surface area contributed by atoms with Crippen molar-refractivity contribution < 1.29 is 19.1 Å². The van der Waals surface area contributed by atoms with Crippen LogP contribution in [0.5, 0.6) is 0 Å². The molecule has 0 saturated carbocycles. The summed E-state index contributed by atoms with van der Waals surface area (Å²) in [6.45, 7) is 0. The third kappa shape index (κ3) is 1.60. The van der Waals surface area contributed by atoms with Crippen LogP contribution in [0, 0.1) is 5.92 Å². The molecule has 2 rings (SSSR count). The Bertz CT molecular complexity index is 511. The number of primary amides is 1. The van der Waals surface area contributed by atoms with Gasteiger partial charge in [0.1, 0.15) is 5.57 Å². The number of carbonyl (C=O) groups excluding carboxylic acids is 3. The second-order valence-electron chi connectivity index (χ2n) is 3.80. The molecule has 0 aromatic carbocycles. The van der Waals surface area contributed by atoms with Crippen LogP contribution in [0.15, 0.2) is 35.1 Å². The Morgan fingerprint density at radius 1 is 1.47 bits per heavy atom. The summed E-state index contributed by atoms with van der Waals surface area (Å²) in [7, 11) is 1.24. The summed E-state index contributed by atoms with van der Waals surface area (Å²) in [5.74, 6) is -2.65. The molecule has 5 heteroatoms. The van der Waals surface area contributed by atoms with Gasteiger partial charge in [-0.3, -0.25) is 14.4 Å². The first-order chi connectivity index (χ1) is 8.07. The predicted molar refractivity (Wildman–Crippen MR) is 58.6 cm³/mol. The second-order valence-corrected chi connectivity index (χ2v) is 3.80. The van der Waals surface area contributed by atoms with Crippen molar-refractivity contribution in [1.29, 1.82) is 0 Å². The molecule has 1 atom stereocenters. The fourth-order valence-electron chi connectivity index (χ4n) is 2.07. The molecular weight excluding hydrogens is 222 g/mol. The summed E-state index contributed by atoms with van der Waals surface area (Å²) in [6.07, 6.45) is 5.46. The lowest BCUT2D eigenvalue weighted by atomic mass is 9.77. The van der Waals surface area contributed by atoms with Gasteiger partial charge in [0.05, 0.1) is 13.0 Å². The van der Waals surface area contributed by atoms with E-state index >= 15 is 0 Å². The highest BCUT2D eigenvalue weighted by atomic mass is 16.5. The average Bonchev–Trinajstić information content (AvgIpc) is 2.33. The van der Waals surface area contributed by atoms with Gasteiger partial charge in [-0.05, 0) is 6.42 Å². The molecule has 88 valence electrons. The summed E-state index contributed by atoms with van der Waals surface area (Å²) >= 11 is 0. The Kier molecular flexibility index (Phi) is 2.67. The smallest absolute Gasteiger partial charge is 0.256 e. The number of allylic oxidation sites excluding steroid dienone is 4. The molecule has 0 radical (unpaired) electrons. The first-order valence-corrected chi connectivity index (χ1v) is 5.11. The van der Waals surface area contributed by atoms with Gasteiger partial charge in [0.15, 0.2) is 11.5 Å². The first-order valence-electron chi connectivity index (χ1n) is 5.11. The fourth-order valence-corrected chi connectivity index (χ4v) is 2.07. The van der Waals surface area contributed by atoms with Gasteiger partial charge in [-0.1, -0.05) is 18.2 Å². The van der Waals surface area contributed by atoms with Crippen LogP contribution in [0.3, 0.4) is 0 Å². The van der Waals surface area contributed by atoms with Gasteiger partial charge in [0.2, 0.25) is 5.78 Å². The number of hydrogen-bond donors (Lipinski definition) is 1. The van der Waals surface area contributed by atoms with Crippen molar-refractivity contribution in [3.05, 3.63) is 35.1 Å². The zero-order chi connectivity index (χ0) is 12.6. The topological polar surface area (TPSA) is 86.5 Å². The molecule has 0 spiro atoms. The maximum absolute atomic E-state index is 12.1. The molecular formula is C12H11NO4. The van der Waals surface area contributed by atoms with Gasteiger partial charge in [0, 0.05) is 5.57 Å². The zero-order valence-electron chi connectivity index (χ0n) is 9.23. The monoisotopic (exact) mass is 233 g/mol. The molecule has 0 bridgehead atoms. The quantitative estimate of drug-likeness (QED) is 0.681. The van der Waals surface area contributed by atoms with Gasteiger partial charge in [0.25, 0.3) is 5.91 Å². The molecule has 1 amide bonds. The number of methoxy groups -OCH3 is 1. The highest BCUT2D eigenvalue weighted by molar-refractivity contribution is 6.31. The maximum Gasteiger partial charge on any atom is 0.256 e. The highest BCUT2D eigenvalue weighted by Crippen LogP contribution is 2.33. The lowest BCUT2D eigenvalue weighted by Gasteiger charge is -2.26. The molecule has 2 aliphatic rings. The van der Waals surface area contributed by atoms with Crippen molar-refractivity contribution in [2.75, 3.05) is 7.11 Å². The maximum atomic E-state index is 12.1. The zero-order valence-corrected chi connectivity index (χ0v) is 9.23. The third-order valence-electron chi connectivity index (χ3n) is 2.87. The van der Waals surface area contributed by atoms with Crippen molar-refractivity contribution in [1.82, 2.24) is 0 Å². The van der Waals surface area contributed by atoms with E-state index in [-0.39, 0.29) is 11.3 Å². The molecule has 0 saturated heterocycles. The highest BCUT2D eigenvalue weighted by Gasteiger charge is 2.41. The molecule has 1 unspecified atom stereocenters. The Labute approximate surface area is 97.6 Å². The third-order valence-corrected chi connectivity index (χ3v) is 2.87. The Morgan fingerprint density at radius 3 is 2.76 bits per heavy atom. The van der Waals surface area contributed by atoms with Crippen LogP contribution >= 0.6 is 0 Å². The normalized spacial score (nSPS) is 23.4. The number of amides is 1. The standard InChI is InChI=1S/C12H11NO4/c1-17-11-8(12(13)16)9(14)6-4-2-3-5-7(6)10(11)15/h2-3,5-6H,4H2,1H3,(H2,13,16). The van der Waals surface area contributed by atoms with Gasteiger partial charge in [-0.25, -0.2) is 0 Å². The van der Waals surface area contributed by atoms with Crippen LogP contribution in [0.1, 0.15) is 6.42 Å². The fraction of sp³-hybridized carbons (Fsp3) is 0.250. The molecule has 2 N–H and O–H groups in total. The predicted octanol–water partition coefficient (Wildman–Crippen LogP) is 0.0265. The molecule has 2 aliphatic carbocycles. The van der Waals surface area contributed by atoms with Crippen LogP contribution in [0.4, 0.5) is 0 Å². The second kappa shape index (κ2) is 4.01. The van der Waals surface area contributed by atoms with E-state index < -0.39 is 23.4 Å². The molecule has 0 aromatic heterocycles. The van der Waals surface area contributed by atoms with E-state index in [0.717, 1.165) is 0 Å². The van der Waals surface area contributed by atoms with Gasteiger partial charge < -0.3 is 10.5 Å². The van der Waals surface area contributed by atoms with E-state index in [9.17, 15) is 14.4 Å². The summed E-state index contributed by atoms with van der Waals surface area (Å²) in [5.41, 5.74) is 5.16. The van der Waals surface area contributed by atoms with E-state index in [1.807, 2.05) is 0 Å². The summed E-state index contributed by atoms with van der Waals surface area (Å²) in [4.78, 5) is 35.3.